The Kier molecular flexibility index (Phi) is 6.19. The van der Waals surface area contributed by atoms with Crippen molar-refractivity contribution in [3.05, 3.63) is 94.4 Å². The van der Waals surface area contributed by atoms with E-state index >= 15 is 0 Å². The number of nitrogens with two attached hydrogens (primary N) is 1. The van der Waals surface area contributed by atoms with E-state index in [0.717, 1.165) is 27.0 Å². The van der Waals surface area contributed by atoms with Crippen LogP contribution < -0.4 is 16.7 Å². The van der Waals surface area contributed by atoms with E-state index in [9.17, 15) is 13.6 Å². The topological polar surface area (TPSA) is 88.7 Å². The summed E-state index contributed by atoms with van der Waals surface area (Å²) in [6.07, 6.45) is 0.573. The average molecular weight is 492 g/mol. The molecule has 5 aromatic rings. The Balaban J connectivity index is 1.46. The smallest absolute Gasteiger partial charge is 0.326 e. The van der Waals surface area contributed by atoms with E-state index in [2.05, 4.69) is 10.3 Å². The van der Waals surface area contributed by atoms with Gasteiger partial charge in [-0.15, -0.1) is 0 Å². The van der Waals surface area contributed by atoms with Crippen LogP contribution >= 0.6 is 11.3 Å². The highest BCUT2D eigenvalue weighted by atomic mass is 32.1. The van der Waals surface area contributed by atoms with Gasteiger partial charge < -0.3 is 16.0 Å². The molecule has 0 aliphatic carbocycles. The molecule has 0 fully saturated rings. The molecule has 0 aliphatic heterocycles. The number of hydrogen-bond donors (Lipinski definition) is 3. The Morgan fingerprint density at radius 1 is 1.11 bits per heavy atom. The van der Waals surface area contributed by atoms with E-state index in [1.165, 1.54) is 34.1 Å². The van der Waals surface area contributed by atoms with Crippen LogP contribution in [-0.2, 0) is 13.5 Å². The molecule has 0 amide bonds. The van der Waals surface area contributed by atoms with Crippen LogP contribution in [0.4, 0.5) is 13.9 Å². The lowest BCUT2D eigenvalue weighted by Crippen LogP contribution is -2.31. The van der Waals surface area contributed by atoms with Gasteiger partial charge in [0.05, 0.1) is 21.6 Å². The summed E-state index contributed by atoms with van der Waals surface area (Å²) >= 11 is 1.40. The number of H-pyrrole nitrogens is 1. The molecule has 178 valence electrons. The van der Waals surface area contributed by atoms with Crippen LogP contribution in [0, 0.1) is 11.6 Å². The molecule has 5 rings (SSSR count). The Bertz CT molecular complexity index is 1550. The number of halogens is 2. The zero-order valence-electron chi connectivity index (χ0n) is 18.9. The maximum absolute atomic E-state index is 14.7. The van der Waals surface area contributed by atoms with Gasteiger partial charge >= 0.3 is 5.69 Å². The fourth-order valence-electron chi connectivity index (χ4n) is 4.01. The number of nitrogens with zero attached hydrogens (tertiary/aromatic N) is 2. The molecule has 0 saturated carbocycles. The van der Waals surface area contributed by atoms with Gasteiger partial charge in [0.2, 0.25) is 0 Å². The molecule has 0 aliphatic rings. The van der Waals surface area contributed by atoms with Crippen molar-refractivity contribution in [1.82, 2.24) is 14.5 Å². The summed E-state index contributed by atoms with van der Waals surface area (Å²) in [7, 11) is 1.70. The van der Waals surface area contributed by atoms with Crippen LogP contribution in [0.15, 0.2) is 71.5 Å². The second-order valence-electron chi connectivity index (χ2n) is 8.37. The Morgan fingerprint density at radius 2 is 1.89 bits per heavy atom. The Hall–Kier alpha value is -3.82. The number of hydrogen-bond acceptors (Lipinski definition) is 5. The van der Waals surface area contributed by atoms with Crippen molar-refractivity contribution in [1.29, 1.82) is 0 Å². The molecule has 3 aromatic carbocycles. The first-order valence-corrected chi connectivity index (χ1v) is 11.9. The minimum Gasteiger partial charge on any atom is -0.360 e. The molecule has 0 bridgehead atoms. The predicted molar refractivity (Wildman–Crippen MR) is 137 cm³/mol. The van der Waals surface area contributed by atoms with Crippen LogP contribution in [0.3, 0.4) is 0 Å². The van der Waals surface area contributed by atoms with Crippen molar-refractivity contribution < 1.29 is 8.78 Å². The number of fused-ring (bicyclic) bond motifs is 1. The van der Waals surface area contributed by atoms with Gasteiger partial charge in [0.15, 0.2) is 5.13 Å². The van der Waals surface area contributed by atoms with Gasteiger partial charge in [-0.25, -0.2) is 18.6 Å². The molecular formula is C26H23F2N5OS. The number of anilines is 1. The number of rotatable bonds is 7. The number of aromatic amines is 1. The summed E-state index contributed by atoms with van der Waals surface area (Å²) in [5, 5.41) is 3.88. The maximum atomic E-state index is 14.7. The van der Waals surface area contributed by atoms with Gasteiger partial charge in [0, 0.05) is 25.2 Å². The number of aryl methyl sites for hydroxylation is 1. The highest BCUT2D eigenvalue weighted by Gasteiger charge is 2.19. The third-order valence-electron chi connectivity index (χ3n) is 5.85. The van der Waals surface area contributed by atoms with Gasteiger partial charge in [-0.05, 0) is 53.9 Å². The molecule has 6 nitrogen and oxygen atoms in total. The number of benzene rings is 3. The predicted octanol–water partition coefficient (Wildman–Crippen LogP) is 4.92. The van der Waals surface area contributed by atoms with Gasteiger partial charge in [-0.2, -0.15) is 0 Å². The first-order valence-electron chi connectivity index (χ1n) is 11.1. The lowest BCUT2D eigenvalue weighted by molar-refractivity contribution is 0.625. The molecule has 0 unspecified atom stereocenters. The summed E-state index contributed by atoms with van der Waals surface area (Å²) in [5.74, 6) is -0.650. The van der Waals surface area contributed by atoms with Crippen molar-refractivity contribution in [3.8, 4) is 21.7 Å². The van der Waals surface area contributed by atoms with Gasteiger partial charge in [-0.3, -0.25) is 4.57 Å². The molecule has 1 atom stereocenters. The number of thiazole rings is 1. The minimum absolute atomic E-state index is 0.201. The van der Waals surface area contributed by atoms with E-state index in [0.29, 0.717) is 29.4 Å². The van der Waals surface area contributed by atoms with Crippen molar-refractivity contribution in [3.63, 3.8) is 0 Å². The standard InChI is InChI=1S/C26H23F2N5OS/c1-33-22-13-16(8-11-21(22)31-26(33)34)24-23(19-4-2-3-5-20(19)28)32-25(35-24)30-14-18(29)12-15-6-9-17(27)10-7-15/h2-11,13,18H,12,14,29H2,1H3,(H,30,32)(H,31,34)/t18-/m1/s1. The summed E-state index contributed by atoms with van der Waals surface area (Å²) in [6, 6.07) is 18.2. The molecule has 0 radical (unpaired) electrons. The minimum atomic E-state index is -0.367. The van der Waals surface area contributed by atoms with Gasteiger partial charge in [-0.1, -0.05) is 41.7 Å². The van der Waals surface area contributed by atoms with Crippen LogP contribution in [0.25, 0.3) is 32.7 Å². The van der Waals surface area contributed by atoms with E-state index < -0.39 is 0 Å². The molecule has 2 aromatic heterocycles. The maximum Gasteiger partial charge on any atom is 0.326 e. The highest BCUT2D eigenvalue weighted by molar-refractivity contribution is 7.19. The molecule has 9 heteroatoms. The molecular weight excluding hydrogens is 468 g/mol. The largest absolute Gasteiger partial charge is 0.360 e. The number of nitrogens with one attached hydrogen (secondary N) is 2. The van der Waals surface area contributed by atoms with Crippen molar-refractivity contribution >= 4 is 27.5 Å². The normalized spacial score (nSPS) is 12.2. The van der Waals surface area contributed by atoms with Crippen LogP contribution in [-0.4, -0.2) is 27.1 Å². The molecule has 35 heavy (non-hydrogen) atoms. The zero-order valence-corrected chi connectivity index (χ0v) is 19.7. The van der Waals surface area contributed by atoms with Crippen molar-refractivity contribution in [2.24, 2.45) is 12.8 Å². The number of aromatic nitrogens is 3. The van der Waals surface area contributed by atoms with E-state index in [1.54, 1.807) is 37.4 Å². The third-order valence-corrected chi connectivity index (χ3v) is 6.91. The van der Waals surface area contributed by atoms with E-state index in [-0.39, 0.29) is 23.4 Å². The Morgan fingerprint density at radius 3 is 2.66 bits per heavy atom. The second-order valence-corrected chi connectivity index (χ2v) is 9.37. The fraction of sp³-hybridized carbons (Fsp3) is 0.154. The molecule has 2 heterocycles. The SMILES string of the molecule is Cn1c(=O)[nH]c2ccc(-c3sc(NC[C@H](N)Cc4ccc(F)cc4)nc3-c3ccccc3F)cc21. The molecule has 0 saturated heterocycles. The van der Waals surface area contributed by atoms with Crippen molar-refractivity contribution in [2.75, 3.05) is 11.9 Å². The summed E-state index contributed by atoms with van der Waals surface area (Å²) in [4.78, 5) is 20.3. The summed E-state index contributed by atoms with van der Waals surface area (Å²) in [6.45, 7) is 0.437. The van der Waals surface area contributed by atoms with Crippen LogP contribution in [0.5, 0.6) is 0 Å². The lowest BCUT2D eigenvalue weighted by atomic mass is 10.1. The van der Waals surface area contributed by atoms with Crippen LogP contribution in [0.2, 0.25) is 0 Å². The van der Waals surface area contributed by atoms with Gasteiger partial charge in [0.25, 0.3) is 0 Å². The first kappa shape index (κ1) is 22.9. The van der Waals surface area contributed by atoms with Crippen LogP contribution in [0.1, 0.15) is 5.56 Å². The third kappa shape index (κ3) is 4.73. The fourth-order valence-corrected chi connectivity index (χ4v) is 4.99. The average Bonchev–Trinajstić information content (AvgIpc) is 3.40. The van der Waals surface area contributed by atoms with Crippen molar-refractivity contribution in [2.45, 2.75) is 12.5 Å². The van der Waals surface area contributed by atoms with E-state index in [1.807, 2.05) is 18.2 Å². The summed E-state index contributed by atoms with van der Waals surface area (Å²) < 4.78 is 29.4. The first-order chi connectivity index (χ1) is 16.9. The zero-order chi connectivity index (χ0) is 24.5. The monoisotopic (exact) mass is 491 g/mol. The highest BCUT2D eigenvalue weighted by Crippen LogP contribution is 2.40. The number of imidazole rings is 1. The summed E-state index contributed by atoms with van der Waals surface area (Å²) in [5.41, 5.74) is 10.2. The second kappa shape index (κ2) is 9.44. The van der Waals surface area contributed by atoms with Gasteiger partial charge in [0.1, 0.15) is 11.6 Å². The molecule has 4 N–H and O–H groups in total. The lowest BCUT2D eigenvalue weighted by Gasteiger charge is -2.12. The van der Waals surface area contributed by atoms with E-state index in [4.69, 9.17) is 10.7 Å². The molecule has 0 spiro atoms. The quantitative estimate of drug-likeness (QED) is 0.302. The Labute approximate surface area is 204 Å².